The molecular formula is C50H26N4S2. The van der Waals surface area contributed by atoms with Gasteiger partial charge in [0.2, 0.25) is 0 Å². The molecule has 12 rings (SSSR count). The van der Waals surface area contributed by atoms with Gasteiger partial charge >= 0.3 is 0 Å². The smallest absolute Gasteiger partial charge is 0.187 e. The van der Waals surface area contributed by atoms with Gasteiger partial charge < -0.3 is 9.13 Å². The number of para-hydroxylation sites is 2. The minimum Gasteiger partial charge on any atom is -0.307 e. The molecular weight excluding hydrogens is 721 g/mol. The van der Waals surface area contributed by atoms with Crippen LogP contribution in [-0.4, -0.2) is 9.13 Å². The summed E-state index contributed by atoms with van der Waals surface area (Å²) in [5, 5.41) is 21.1. The van der Waals surface area contributed by atoms with E-state index in [9.17, 15) is 5.26 Å². The van der Waals surface area contributed by atoms with Crippen LogP contribution in [0.5, 0.6) is 0 Å². The van der Waals surface area contributed by atoms with Crippen LogP contribution in [0.4, 0.5) is 5.69 Å². The minimum absolute atomic E-state index is 0.554. The zero-order chi connectivity index (χ0) is 37.1. The summed E-state index contributed by atoms with van der Waals surface area (Å²) in [7, 11) is 0. The van der Waals surface area contributed by atoms with E-state index >= 15 is 0 Å². The monoisotopic (exact) mass is 746 g/mol. The molecule has 0 unspecified atom stereocenters. The van der Waals surface area contributed by atoms with E-state index in [2.05, 4.69) is 160 Å². The average Bonchev–Trinajstić information content (AvgIpc) is 4.00. The van der Waals surface area contributed by atoms with Crippen molar-refractivity contribution in [3.63, 3.8) is 0 Å². The lowest BCUT2D eigenvalue weighted by molar-refractivity contribution is 1.12. The summed E-state index contributed by atoms with van der Waals surface area (Å²) in [5.74, 6) is 0. The lowest BCUT2D eigenvalue weighted by Crippen LogP contribution is -2.06. The SMILES string of the molecule is [C-]#[N+]c1cccc(-c2ccc(-n3c4ccccc4c4ccc5sc6ccccc6c5c43)c(C#N)c2-n2c3ccccc3c3ccc4sc5ccccc5c4c32)c1. The lowest BCUT2D eigenvalue weighted by Gasteiger charge is -2.20. The molecule has 12 aromatic rings. The first kappa shape index (κ1) is 31.2. The molecule has 0 N–H and O–H groups in total. The van der Waals surface area contributed by atoms with Gasteiger partial charge in [-0.1, -0.05) is 109 Å². The van der Waals surface area contributed by atoms with Crippen molar-refractivity contribution in [3.05, 3.63) is 175 Å². The molecule has 0 saturated carbocycles. The maximum absolute atomic E-state index is 11.7. The van der Waals surface area contributed by atoms with Crippen molar-refractivity contribution < 1.29 is 0 Å². The standard InChI is InChI=1S/C50H26N4S2/c1-52-30-12-10-11-29(27-30)31-21-24-41(53-39-17-6-2-13-32(39)34-22-25-44-46(49(34)53)36-15-4-8-19-42(36)55-44)38(28-51)48(31)54-40-18-7-3-14-33(40)35-23-26-45-47(50(35)54)37-16-5-9-20-43(37)56-45/h2-27H. The number of nitrogens with zero attached hydrogens (tertiary/aromatic N) is 4. The third-order valence-corrected chi connectivity index (χ3v) is 13.6. The van der Waals surface area contributed by atoms with Crippen LogP contribution < -0.4 is 0 Å². The van der Waals surface area contributed by atoms with Gasteiger partial charge in [-0.25, -0.2) is 4.85 Å². The Bertz CT molecular complexity index is 3750. The zero-order valence-electron chi connectivity index (χ0n) is 29.6. The van der Waals surface area contributed by atoms with Gasteiger partial charge in [-0.2, -0.15) is 5.26 Å². The highest BCUT2D eigenvalue weighted by atomic mass is 32.1. The second kappa shape index (κ2) is 11.6. The number of fused-ring (bicyclic) bond motifs is 14. The number of benzene rings is 8. The first-order valence-corrected chi connectivity index (χ1v) is 20.1. The summed E-state index contributed by atoms with van der Waals surface area (Å²) in [5.41, 5.74) is 8.75. The highest BCUT2D eigenvalue weighted by molar-refractivity contribution is 7.26. The van der Waals surface area contributed by atoms with Crippen molar-refractivity contribution in [1.29, 1.82) is 5.26 Å². The fourth-order valence-corrected chi connectivity index (χ4v) is 11.3. The molecule has 0 radical (unpaired) electrons. The Balaban J connectivity index is 1.32. The summed E-state index contributed by atoms with van der Waals surface area (Å²) in [6.45, 7) is 7.90. The molecule has 0 aliphatic carbocycles. The van der Waals surface area contributed by atoms with Gasteiger partial charge in [0.25, 0.3) is 0 Å². The molecule has 4 heterocycles. The van der Waals surface area contributed by atoms with E-state index in [0.29, 0.717) is 11.3 Å². The largest absolute Gasteiger partial charge is 0.307 e. The van der Waals surface area contributed by atoms with Gasteiger partial charge in [-0.3, -0.25) is 0 Å². The van der Waals surface area contributed by atoms with E-state index in [0.717, 1.165) is 66.1 Å². The molecule has 0 fully saturated rings. The van der Waals surface area contributed by atoms with Crippen molar-refractivity contribution in [2.45, 2.75) is 0 Å². The normalized spacial score (nSPS) is 11.9. The number of thiophene rings is 2. The van der Waals surface area contributed by atoms with Crippen molar-refractivity contribution in [2.75, 3.05) is 0 Å². The van der Waals surface area contributed by atoms with E-state index in [-0.39, 0.29) is 0 Å². The van der Waals surface area contributed by atoms with Crippen LogP contribution in [0.1, 0.15) is 5.56 Å². The van der Waals surface area contributed by atoms with Crippen LogP contribution in [0, 0.1) is 17.9 Å². The quantitative estimate of drug-likeness (QED) is 0.166. The zero-order valence-corrected chi connectivity index (χ0v) is 31.2. The van der Waals surface area contributed by atoms with Crippen molar-refractivity contribution >= 4 is 112 Å². The molecule has 4 nitrogen and oxygen atoms in total. The van der Waals surface area contributed by atoms with Gasteiger partial charge in [-0.05, 0) is 54.1 Å². The lowest BCUT2D eigenvalue weighted by atomic mass is 9.97. The summed E-state index contributed by atoms with van der Waals surface area (Å²) < 4.78 is 9.55. The van der Waals surface area contributed by atoms with Crippen molar-refractivity contribution in [1.82, 2.24) is 9.13 Å². The van der Waals surface area contributed by atoms with Crippen molar-refractivity contribution in [2.24, 2.45) is 0 Å². The second-order valence-corrected chi connectivity index (χ2v) is 16.4. The molecule has 258 valence electrons. The maximum Gasteiger partial charge on any atom is 0.187 e. The Hall–Kier alpha value is -7.22. The molecule has 56 heavy (non-hydrogen) atoms. The van der Waals surface area contributed by atoms with E-state index in [1.54, 1.807) is 22.7 Å². The highest BCUT2D eigenvalue weighted by Gasteiger charge is 2.27. The molecule has 0 aliphatic heterocycles. The molecule has 0 saturated heterocycles. The first-order valence-electron chi connectivity index (χ1n) is 18.4. The van der Waals surface area contributed by atoms with Crippen LogP contribution in [-0.2, 0) is 0 Å². The Kier molecular flexibility index (Phi) is 6.48. The van der Waals surface area contributed by atoms with Gasteiger partial charge in [0.05, 0.1) is 40.0 Å². The van der Waals surface area contributed by atoms with Crippen LogP contribution >= 0.6 is 22.7 Å². The molecule has 6 heteroatoms. The fraction of sp³-hybridized carbons (Fsp3) is 0. The Morgan fingerprint density at radius 1 is 0.500 bits per heavy atom. The number of aromatic nitrogens is 2. The Morgan fingerprint density at radius 2 is 1.05 bits per heavy atom. The van der Waals surface area contributed by atoms with E-state index < -0.39 is 0 Å². The molecule has 0 atom stereocenters. The molecule has 0 aliphatic rings. The number of hydrogen-bond acceptors (Lipinski definition) is 3. The Morgan fingerprint density at radius 3 is 1.66 bits per heavy atom. The van der Waals surface area contributed by atoms with Gasteiger partial charge in [-0.15, -0.1) is 22.7 Å². The third kappa shape index (κ3) is 4.15. The van der Waals surface area contributed by atoms with E-state index in [1.165, 1.54) is 40.3 Å². The molecule has 0 amide bonds. The van der Waals surface area contributed by atoms with Crippen LogP contribution in [0.25, 0.3) is 111 Å². The summed E-state index contributed by atoms with van der Waals surface area (Å²) in [4.78, 5) is 3.81. The average molecular weight is 747 g/mol. The van der Waals surface area contributed by atoms with E-state index in [1.807, 2.05) is 18.2 Å². The number of rotatable bonds is 3. The second-order valence-electron chi connectivity index (χ2n) is 14.2. The predicted octanol–water partition coefficient (Wildman–Crippen LogP) is 14.7. The molecule has 4 aromatic heterocycles. The maximum atomic E-state index is 11.7. The van der Waals surface area contributed by atoms with E-state index in [4.69, 9.17) is 6.57 Å². The fourth-order valence-electron chi connectivity index (χ4n) is 9.10. The Labute approximate surface area is 328 Å². The minimum atomic E-state index is 0.554. The van der Waals surface area contributed by atoms with Crippen LogP contribution in [0.15, 0.2) is 158 Å². The molecule has 0 spiro atoms. The van der Waals surface area contributed by atoms with Gasteiger partial charge in [0.15, 0.2) is 5.69 Å². The van der Waals surface area contributed by atoms with Gasteiger partial charge in [0.1, 0.15) is 11.6 Å². The highest BCUT2D eigenvalue weighted by Crippen LogP contribution is 2.48. The summed E-state index contributed by atoms with van der Waals surface area (Å²) in [6, 6.07) is 58.2. The van der Waals surface area contributed by atoms with Gasteiger partial charge in [0, 0.05) is 67.5 Å². The number of hydrogen-bond donors (Lipinski definition) is 0. The predicted molar refractivity (Wildman–Crippen MR) is 237 cm³/mol. The first-order chi connectivity index (χ1) is 27.7. The third-order valence-electron chi connectivity index (χ3n) is 11.4. The summed E-state index contributed by atoms with van der Waals surface area (Å²) >= 11 is 3.60. The van der Waals surface area contributed by atoms with Crippen LogP contribution in [0.3, 0.4) is 0 Å². The van der Waals surface area contributed by atoms with Crippen molar-refractivity contribution in [3.8, 4) is 28.6 Å². The topological polar surface area (TPSA) is 38.0 Å². The number of nitriles is 1. The molecule has 8 aromatic carbocycles. The summed E-state index contributed by atoms with van der Waals surface area (Å²) in [6.07, 6.45) is 0. The van der Waals surface area contributed by atoms with Crippen LogP contribution in [0.2, 0.25) is 0 Å². The molecule has 0 bridgehead atoms.